The first kappa shape index (κ1) is 22.3. The maximum Gasteiger partial charge on any atom is 0.272 e. The smallest absolute Gasteiger partial charge is 0.272 e. The Morgan fingerprint density at radius 3 is 2.71 bits per heavy atom. The molecule has 2 fully saturated rings. The molecule has 3 heterocycles. The van der Waals surface area contributed by atoms with Crippen molar-refractivity contribution >= 4 is 29.1 Å². The molecule has 9 nitrogen and oxygen atoms in total. The normalized spacial score (nSPS) is 22.3. The van der Waals surface area contributed by atoms with E-state index in [0.717, 1.165) is 30.4 Å². The van der Waals surface area contributed by atoms with Crippen LogP contribution in [0.5, 0.6) is 0 Å². The van der Waals surface area contributed by atoms with E-state index in [1.165, 1.54) is 6.26 Å². The van der Waals surface area contributed by atoms with E-state index >= 15 is 0 Å². The zero-order valence-corrected chi connectivity index (χ0v) is 19.3. The van der Waals surface area contributed by atoms with Crippen LogP contribution in [0.2, 0.25) is 0 Å². The van der Waals surface area contributed by atoms with Crippen molar-refractivity contribution in [1.29, 1.82) is 0 Å². The number of carbonyl (C=O) groups excluding carboxylic acids is 3. The Kier molecular flexibility index (Phi) is 5.73. The zero-order chi connectivity index (χ0) is 23.9. The Balaban J connectivity index is 1.39. The standard InChI is InChI=1S/C25H28N4O5/c1-14-3-4-16(11-14)21(28-22(30)18-13-34-29-15(18)2)23(31)26-17-5-6-19-20(12-17)27-24(32)25(19)7-9-33-10-8-25/h5-6,12-14H,3-4,7-11H2,1-2H3,(H,26,31)(H,27,32)(H,28,30). The zero-order valence-electron chi connectivity index (χ0n) is 19.3. The van der Waals surface area contributed by atoms with Gasteiger partial charge < -0.3 is 25.2 Å². The topological polar surface area (TPSA) is 123 Å². The number of hydrogen-bond acceptors (Lipinski definition) is 6. The largest absolute Gasteiger partial charge is 0.381 e. The van der Waals surface area contributed by atoms with Gasteiger partial charge in [-0.2, -0.15) is 0 Å². The van der Waals surface area contributed by atoms with Crippen molar-refractivity contribution in [2.75, 3.05) is 23.8 Å². The molecule has 3 aliphatic rings. The predicted molar refractivity (Wildman–Crippen MR) is 124 cm³/mol. The summed E-state index contributed by atoms with van der Waals surface area (Å²) in [6.45, 7) is 4.90. The number of fused-ring (bicyclic) bond motifs is 2. The van der Waals surface area contributed by atoms with Gasteiger partial charge >= 0.3 is 0 Å². The van der Waals surface area contributed by atoms with Gasteiger partial charge in [0.2, 0.25) is 5.91 Å². The van der Waals surface area contributed by atoms with Gasteiger partial charge in [-0.25, -0.2) is 0 Å². The highest BCUT2D eigenvalue weighted by Crippen LogP contribution is 2.45. The number of nitrogens with one attached hydrogen (secondary N) is 3. The molecule has 1 unspecified atom stereocenters. The van der Waals surface area contributed by atoms with Crippen LogP contribution >= 0.6 is 0 Å². The molecule has 2 aliphatic heterocycles. The van der Waals surface area contributed by atoms with Crippen molar-refractivity contribution in [2.45, 2.75) is 51.4 Å². The Labute approximate surface area is 197 Å². The van der Waals surface area contributed by atoms with Crippen molar-refractivity contribution in [1.82, 2.24) is 10.5 Å². The molecule has 5 rings (SSSR count). The van der Waals surface area contributed by atoms with Gasteiger partial charge in [-0.1, -0.05) is 18.1 Å². The van der Waals surface area contributed by atoms with Crippen LogP contribution in [0.1, 0.15) is 60.6 Å². The van der Waals surface area contributed by atoms with Crippen molar-refractivity contribution in [3.8, 4) is 0 Å². The third-order valence-corrected chi connectivity index (χ3v) is 7.17. The number of aryl methyl sites for hydroxylation is 1. The van der Waals surface area contributed by atoms with Gasteiger partial charge in [0.25, 0.3) is 11.8 Å². The summed E-state index contributed by atoms with van der Waals surface area (Å²) in [5, 5.41) is 12.4. The Bertz CT molecular complexity index is 1190. The highest BCUT2D eigenvalue weighted by molar-refractivity contribution is 6.10. The van der Waals surface area contributed by atoms with Gasteiger partial charge in [-0.15, -0.1) is 0 Å². The molecule has 1 aromatic heterocycles. The lowest BCUT2D eigenvalue weighted by Crippen LogP contribution is -2.39. The van der Waals surface area contributed by atoms with Crippen molar-refractivity contribution < 1.29 is 23.6 Å². The molecule has 34 heavy (non-hydrogen) atoms. The predicted octanol–water partition coefficient (Wildman–Crippen LogP) is 3.43. The van der Waals surface area contributed by atoms with Crippen molar-refractivity contribution in [2.24, 2.45) is 5.92 Å². The van der Waals surface area contributed by atoms with Gasteiger partial charge in [0.1, 0.15) is 17.5 Å². The number of aromatic nitrogens is 1. The van der Waals surface area contributed by atoms with Crippen LogP contribution in [0.4, 0.5) is 11.4 Å². The van der Waals surface area contributed by atoms with Crippen molar-refractivity contribution in [3.05, 3.63) is 52.6 Å². The number of hydrogen-bond donors (Lipinski definition) is 3. The average molecular weight is 465 g/mol. The fourth-order valence-electron chi connectivity index (χ4n) is 5.19. The molecule has 178 valence electrons. The minimum atomic E-state index is -0.562. The monoisotopic (exact) mass is 464 g/mol. The van der Waals surface area contributed by atoms with E-state index in [2.05, 4.69) is 28.0 Å². The molecule has 3 amide bonds. The summed E-state index contributed by atoms with van der Waals surface area (Å²) < 4.78 is 10.3. The van der Waals surface area contributed by atoms with E-state index in [0.29, 0.717) is 54.6 Å². The van der Waals surface area contributed by atoms with Crippen LogP contribution in [-0.2, 0) is 19.7 Å². The first-order valence-electron chi connectivity index (χ1n) is 11.7. The van der Waals surface area contributed by atoms with E-state index in [1.807, 2.05) is 6.07 Å². The molecule has 0 radical (unpaired) electrons. The number of carbonyl (C=O) groups is 3. The Hall–Kier alpha value is -3.46. The SMILES string of the molecule is Cc1nocc1C(=O)NC(C(=O)Nc1ccc2c(c1)NC(=O)C21CCOCC1)=C1CCC(C)C1. The van der Waals surface area contributed by atoms with Crippen LogP contribution in [0, 0.1) is 12.8 Å². The minimum absolute atomic E-state index is 0.0200. The molecule has 9 heteroatoms. The summed E-state index contributed by atoms with van der Waals surface area (Å²) >= 11 is 0. The number of rotatable bonds is 4. The lowest BCUT2D eigenvalue weighted by atomic mass is 9.75. The van der Waals surface area contributed by atoms with Gasteiger partial charge in [0.05, 0.1) is 11.1 Å². The summed E-state index contributed by atoms with van der Waals surface area (Å²) in [4.78, 5) is 38.9. The van der Waals surface area contributed by atoms with E-state index in [4.69, 9.17) is 9.26 Å². The van der Waals surface area contributed by atoms with Crippen LogP contribution < -0.4 is 16.0 Å². The lowest BCUT2D eigenvalue weighted by Gasteiger charge is -2.31. The number of allylic oxidation sites excluding steroid dienone is 1. The van der Waals surface area contributed by atoms with Gasteiger partial charge in [-0.05, 0) is 68.2 Å². The van der Waals surface area contributed by atoms with E-state index in [1.54, 1.807) is 19.1 Å². The first-order chi connectivity index (χ1) is 16.4. The first-order valence-corrected chi connectivity index (χ1v) is 11.7. The lowest BCUT2D eigenvalue weighted by molar-refractivity contribution is -0.124. The fourth-order valence-corrected chi connectivity index (χ4v) is 5.19. The summed E-state index contributed by atoms with van der Waals surface area (Å²) in [5.41, 5.74) is 3.57. The quantitative estimate of drug-likeness (QED) is 0.596. The van der Waals surface area contributed by atoms with Gasteiger partial charge in [0.15, 0.2) is 0 Å². The summed E-state index contributed by atoms with van der Waals surface area (Å²) in [6.07, 6.45) is 5.01. The van der Waals surface area contributed by atoms with E-state index in [-0.39, 0.29) is 11.6 Å². The molecule has 3 N–H and O–H groups in total. The second-order valence-corrected chi connectivity index (χ2v) is 9.46. The molecule has 0 bridgehead atoms. The molecule has 1 saturated heterocycles. The summed E-state index contributed by atoms with van der Waals surface area (Å²) in [6, 6.07) is 5.48. The number of ether oxygens (including phenoxy) is 1. The highest BCUT2D eigenvalue weighted by atomic mass is 16.5. The second-order valence-electron chi connectivity index (χ2n) is 9.46. The van der Waals surface area contributed by atoms with Crippen LogP contribution in [0.3, 0.4) is 0 Å². The van der Waals surface area contributed by atoms with Crippen molar-refractivity contribution in [3.63, 3.8) is 0 Å². The maximum absolute atomic E-state index is 13.3. The van der Waals surface area contributed by atoms with E-state index < -0.39 is 17.2 Å². The summed E-state index contributed by atoms with van der Waals surface area (Å²) in [7, 11) is 0. The number of benzene rings is 1. The third-order valence-electron chi connectivity index (χ3n) is 7.17. The molecule has 1 saturated carbocycles. The minimum Gasteiger partial charge on any atom is -0.381 e. The number of nitrogens with zero attached hydrogens (tertiary/aromatic N) is 1. The van der Waals surface area contributed by atoms with E-state index in [9.17, 15) is 14.4 Å². The second kappa shape index (κ2) is 8.72. The van der Waals surface area contributed by atoms with Crippen LogP contribution in [0.25, 0.3) is 0 Å². The maximum atomic E-state index is 13.3. The molecular formula is C25H28N4O5. The number of amides is 3. The molecule has 1 spiro atoms. The molecule has 1 aliphatic carbocycles. The molecule has 1 atom stereocenters. The fraction of sp³-hybridized carbons (Fsp3) is 0.440. The Morgan fingerprint density at radius 1 is 1.24 bits per heavy atom. The number of anilines is 2. The highest BCUT2D eigenvalue weighted by Gasteiger charge is 2.47. The van der Waals surface area contributed by atoms with Gasteiger partial charge in [0, 0.05) is 24.6 Å². The molecular weight excluding hydrogens is 436 g/mol. The van der Waals surface area contributed by atoms with Crippen LogP contribution in [0.15, 0.2) is 40.3 Å². The van der Waals surface area contributed by atoms with Gasteiger partial charge in [-0.3, -0.25) is 14.4 Å². The summed E-state index contributed by atoms with van der Waals surface area (Å²) in [5.74, 6) is -0.401. The molecule has 1 aromatic carbocycles. The Morgan fingerprint density at radius 2 is 2.03 bits per heavy atom. The average Bonchev–Trinajstić information content (AvgIpc) is 3.51. The molecule has 2 aromatic rings. The third kappa shape index (κ3) is 3.90. The van der Waals surface area contributed by atoms with Crippen LogP contribution in [-0.4, -0.2) is 36.1 Å².